The fourth-order valence-electron chi connectivity index (χ4n) is 3.09. The predicted molar refractivity (Wildman–Crippen MR) is 91.3 cm³/mol. The number of aliphatic hydroxyl groups is 1. The molecule has 22 heavy (non-hydrogen) atoms. The first-order chi connectivity index (χ1) is 10.8. The van der Waals surface area contributed by atoms with Crippen molar-refractivity contribution in [1.82, 2.24) is 9.55 Å². The summed E-state index contributed by atoms with van der Waals surface area (Å²) in [5.41, 5.74) is 3.33. The molecule has 2 aromatic heterocycles. The maximum absolute atomic E-state index is 10.5. The van der Waals surface area contributed by atoms with E-state index in [0.717, 1.165) is 17.1 Å². The van der Waals surface area contributed by atoms with Crippen LogP contribution < -0.4 is 0 Å². The molecule has 0 radical (unpaired) electrons. The molecule has 4 heteroatoms. The zero-order valence-electron chi connectivity index (χ0n) is 12.2. The van der Waals surface area contributed by atoms with Gasteiger partial charge in [0.25, 0.3) is 0 Å². The molecule has 0 saturated heterocycles. The quantitative estimate of drug-likeness (QED) is 0.611. The molecule has 2 aromatic carbocycles. The van der Waals surface area contributed by atoms with E-state index >= 15 is 0 Å². The van der Waals surface area contributed by atoms with Gasteiger partial charge in [0, 0.05) is 39.9 Å². The standard InChI is InChI=1S/C18H16N2OS/c1-2-20-15-6-4-3-5-13(15)14-11-12(7-8-16(14)20)17(21)18-19-9-10-22-18/h3-11,17,21H,2H2,1H3. The summed E-state index contributed by atoms with van der Waals surface area (Å²) >= 11 is 1.48. The van der Waals surface area contributed by atoms with Crippen molar-refractivity contribution in [2.45, 2.75) is 19.6 Å². The van der Waals surface area contributed by atoms with E-state index in [1.165, 1.54) is 33.1 Å². The SMILES string of the molecule is CCn1c2ccccc2c2cc(C(O)c3nccs3)ccc21. The van der Waals surface area contributed by atoms with Crippen LogP contribution in [-0.2, 0) is 6.54 Å². The summed E-state index contributed by atoms with van der Waals surface area (Å²) in [6.07, 6.45) is 1.07. The minimum Gasteiger partial charge on any atom is -0.381 e. The van der Waals surface area contributed by atoms with E-state index in [9.17, 15) is 5.11 Å². The molecular formula is C18H16N2OS. The summed E-state index contributed by atoms with van der Waals surface area (Å²) < 4.78 is 2.31. The number of thiazole rings is 1. The van der Waals surface area contributed by atoms with E-state index in [0.29, 0.717) is 0 Å². The molecule has 110 valence electrons. The molecule has 0 amide bonds. The van der Waals surface area contributed by atoms with Gasteiger partial charge in [0.15, 0.2) is 0 Å². The van der Waals surface area contributed by atoms with Crippen molar-refractivity contribution < 1.29 is 5.11 Å². The van der Waals surface area contributed by atoms with Crippen LogP contribution in [0.1, 0.15) is 23.6 Å². The lowest BCUT2D eigenvalue weighted by atomic mass is 10.1. The molecule has 0 spiro atoms. The highest BCUT2D eigenvalue weighted by Crippen LogP contribution is 2.32. The molecule has 1 N–H and O–H groups in total. The second-order valence-electron chi connectivity index (χ2n) is 5.31. The molecule has 0 aliphatic heterocycles. The number of hydrogen-bond donors (Lipinski definition) is 1. The zero-order valence-corrected chi connectivity index (χ0v) is 13.0. The number of rotatable bonds is 3. The summed E-state index contributed by atoms with van der Waals surface area (Å²) in [5.74, 6) is 0. The molecule has 3 nitrogen and oxygen atoms in total. The number of fused-ring (bicyclic) bond motifs is 3. The number of benzene rings is 2. The van der Waals surface area contributed by atoms with Gasteiger partial charge in [-0.15, -0.1) is 11.3 Å². The molecule has 4 rings (SSSR count). The first kappa shape index (κ1) is 13.5. The van der Waals surface area contributed by atoms with Crippen LogP contribution in [0.5, 0.6) is 0 Å². The minimum atomic E-state index is -0.659. The van der Waals surface area contributed by atoms with Gasteiger partial charge in [0.2, 0.25) is 0 Å². The van der Waals surface area contributed by atoms with Crippen LogP contribution in [-0.4, -0.2) is 14.7 Å². The number of para-hydroxylation sites is 1. The number of hydrogen-bond acceptors (Lipinski definition) is 3. The van der Waals surface area contributed by atoms with Crippen molar-refractivity contribution in [3.8, 4) is 0 Å². The van der Waals surface area contributed by atoms with Gasteiger partial charge in [-0.2, -0.15) is 0 Å². The lowest BCUT2D eigenvalue weighted by Crippen LogP contribution is -1.99. The van der Waals surface area contributed by atoms with Crippen molar-refractivity contribution >= 4 is 33.1 Å². The van der Waals surface area contributed by atoms with Crippen LogP contribution >= 0.6 is 11.3 Å². The molecule has 0 fully saturated rings. The van der Waals surface area contributed by atoms with Gasteiger partial charge in [0.1, 0.15) is 11.1 Å². The van der Waals surface area contributed by atoms with Crippen LogP contribution in [0, 0.1) is 0 Å². The Morgan fingerprint density at radius 1 is 1.14 bits per heavy atom. The molecule has 0 aliphatic rings. The van der Waals surface area contributed by atoms with Gasteiger partial charge < -0.3 is 9.67 Å². The van der Waals surface area contributed by atoms with Crippen molar-refractivity contribution in [2.24, 2.45) is 0 Å². The highest BCUT2D eigenvalue weighted by atomic mass is 32.1. The summed E-state index contributed by atoms with van der Waals surface area (Å²) in [5, 5.41) is 15.6. The predicted octanol–water partition coefficient (Wildman–Crippen LogP) is 4.35. The Morgan fingerprint density at radius 3 is 2.73 bits per heavy atom. The van der Waals surface area contributed by atoms with Crippen molar-refractivity contribution in [1.29, 1.82) is 0 Å². The van der Waals surface area contributed by atoms with E-state index in [1.807, 2.05) is 11.4 Å². The van der Waals surface area contributed by atoms with Crippen LogP contribution in [0.25, 0.3) is 21.8 Å². The second kappa shape index (κ2) is 5.23. The summed E-state index contributed by atoms with van der Waals surface area (Å²) in [6.45, 7) is 3.09. The number of aryl methyl sites for hydroxylation is 1. The van der Waals surface area contributed by atoms with Gasteiger partial charge in [-0.25, -0.2) is 4.98 Å². The van der Waals surface area contributed by atoms with Gasteiger partial charge >= 0.3 is 0 Å². The summed E-state index contributed by atoms with van der Waals surface area (Å²) in [7, 11) is 0. The second-order valence-corrected chi connectivity index (χ2v) is 6.24. The first-order valence-corrected chi connectivity index (χ1v) is 8.26. The summed E-state index contributed by atoms with van der Waals surface area (Å²) in [6, 6.07) is 14.6. The monoisotopic (exact) mass is 308 g/mol. The van der Waals surface area contributed by atoms with Crippen LogP contribution in [0.15, 0.2) is 54.0 Å². The van der Waals surface area contributed by atoms with Crippen molar-refractivity contribution in [2.75, 3.05) is 0 Å². The third kappa shape index (κ3) is 1.95. The Labute approximate surface area is 132 Å². The average molecular weight is 308 g/mol. The molecular weight excluding hydrogens is 292 g/mol. The lowest BCUT2D eigenvalue weighted by Gasteiger charge is -2.09. The van der Waals surface area contributed by atoms with Gasteiger partial charge in [-0.1, -0.05) is 24.3 Å². The molecule has 4 aromatic rings. The van der Waals surface area contributed by atoms with E-state index in [1.54, 1.807) is 6.20 Å². The average Bonchev–Trinajstić information content (AvgIpc) is 3.20. The van der Waals surface area contributed by atoms with Crippen molar-refractivity contribution in [3.63, 3.8) is 0 Å². The lowest BCUT2D eigenvalue weighted by molar-refractivity contribution is 0.220. The Balaban J connectivity index is 1.96. The maximum Gasteiger partial charge on any atom is 0.131 e. The molecule has 2 heterocycles. The third-order valence-electron chi connectivity index (χ3n) is 4.11. The molecule has 0 aliphatic carbocycles. The Kier molecular flexibility index (Phi) is 3.21. The Bertz CT molecular complexity index is 940. The van der Waals surface area contributed by atoms with Gasteiger partial charge in [-0.3, -0.25) is 0 Å². The Morgan fingerprint density at radius 2 is 1.95 bits per heavy atom. The van der Waals surface area contributed by atoms with E-state index in [-0.39, 0.29) is 0 Å². The van der Waals surface area contributed by atoms with Crippen LogP contribution in [0.3, 0.4) is 0 Å². The highest BCUT2D eigenvalue weighted by Gasteiger charge is 2.16. The zero-order chi connectivity index (χ0) is 15.1. The molecule has 0 saturated carbocycles. The molecule has 0 bridgehead atoms. The van der Waals surface area contributed by atoms with E-state index in [4.69, 9.17) is 0 Å². The first-order valence-electron chi connectivity index (χ1n) is 7.38. The van der Waals surface area contributed by atoms with E-state index < -0.39 is 6.10 Å². The van der Waals surface area contributed by atoms with E-state index in [2.05, 4.69) is 52.9 Å². The topological polar surface area (TPSA) is 38.0 Å². The maximum atomic E-state index is 10.5. The normalized spacial score (nSPS) is 13.0. The number of aliphatic hydroxyl groups excluding tert-OH is 1. The highest BCUT2D eigenvalue weighted by molar-refractivity contribution is 7.09. The van der Waals surface area contributed by atoms with Gasteiger partial charge in [0.05, 0.1) is 0 Å². The van der Waals surface area contributed by atoms with Crippen LogP contribution in [0.2, 0.25) is 0 Å². The fourth-order valence-corrected chi connectivity index (χ4v) is 3.74. The Hall–Kier alpha value is -2.17. The number of aromatic nitrogens is 2. The molecule has 1 unspecified atom stereocenters. The molecule has 1 atom stereocenters. The van der Waals surface area contributed by atoms with Crippen LogP contribution in [0.4, 0.5) is 0 Å². The minimum absolute atomic E-state index is 0.659. The number of nitrogens with zero attached hydrogens (tertiary/aromatic N) is 2. The smallest absolute Gasteiger partial charge is 0.131 e. The third-order valence-corrected chi connectivity index (χ3v) is 4.94. The summed E-state index contributed by atoms with van der Waals surface area (Å²) in [4.78, 5) is 4.22. The largest absolute Gasteiger partial charge is 0.381 e. The fraction of sp³-hybridized carbons (Fsp3) is 0.167. The van der Waals surface area contributed by atoms with Gasteiger partial charge in [-0.05, 0) is 30.7 Å². The van der Waals surface area contributed by atoms with Crippen molar-refractivity contribution in [3.05, 3.63) is 64.6 Å².